The summed E-state index contributed by atoms with van der Waals surface area (Å²) in [6.07, 6.45) is 4.15. The molecule has 1 aliphatic carbocycles. The van der Waals surface area contributed by atoms with Gasteiger partial charge < -0.3 is 4.90 Å². The highest BCUT2D eigenvalue weighted by molar-refractivity contribution is 6.20. The zero-order valence-corrected chi connectivity index (χ0v) is 12.9. The lowest BCUT2D eigenvalue weighted by atomic mass is 10.1. The molecule has 114 valence electrons. The Bertz CT molecular complexity index is 584. The van der Waals surface area contributed by atoms with Crippen LogP contribution >= 0.6 is 0 Å². The minimum atomic E-state index is -0.369. The van der Waals surface area contributed by atoms with E-state index in [0.29, 0.717) is 6.42 Å². The van der Waals surface area contributed by atoms with E-state index in [9.17, 15) is 9.59 Å². The molecule has 2 heterocycles. The van der Waals surface area contributed by atoms with Gasteiger partial charge in [0, 0.05) is 6.04 Å². The van der Waals surface area contributed by atoms with Crippen LogP contribution in [0.4, 0.5) is 10.7 Å². The van der Waals surface area contributed by atoms with Crippen molar-refractivity contribution in [3.63, 3.8) is 0 Å². The fraction of sp³-hybridized carbons (Fsp3) is 0.714. The summed E-state index contributed by atoms with van der Waals surface area (Å²) in [5, 5.41) is 4.31. The minimum absolute atomic E-state index is 0.182. The van der Waals surface area contributed by atoms with Gasteiger partial charge in [-0.15, -0.1) is 5.10 Å². The van der Waals surface area contributed by atoms with Crippen LogP contribution < -0.4 is 4.90 Å². The molecule has 21 heavy (non-hydrogen) atoms. The molecule has 7 nitrogen and oxygen atoms in total. The molecule has 1 saturated carbocycles. The third-order valence-electron chi connectivity index (χ3n) is 3.95. The zero-order chi connectivity index (χ0) is 15.4. The second kappa shape index (κ2) is 4.54. The van der Waals surface area contributed by atoms with Crippen LogP contribution in [0.1, 0.15) is 47.0 Å². The topological polar surface area (TPSA) is 71.3 Å². The molecule has 2 aliphatic rings. The maximum Gasteiger partial charge on any atom is 0.334 e. The van der Waals surface area contributed by atoms with Crippen LogP contribution in [0.5, 0.6) is 0 Å². The Kier molecular flexibility index (Phi) is 3.04. The number of hydrogen-bond donors (Lipinski definition) is 0. The molecule has 0 spiro atoms. The van der Waals surface area contributed by atoms with Crippen LogP contribution in [0, 0.1) is 0 Å². The van der Waals surface area contributed by atoms with Crippen LogP contribution in [0.3, 0.4) is 0 Å². The average molecular weight is 291 g/mol. The predicted molar refractivity (Wildman–Crippen MR) is 76.8 cm³/mol. The highest BCUT2D eigenvalue weighted by Crippen LogP contribution is 2.35. The molecule has 7 heteroatoms. The first kappa shape index (κ1) is 14.0. The molecule has 3 amide bonds. The predicted octanol–water partition coefficient (Wildman–Crippen LogP) is 1.74. The Morgan fingerprint density at radius 3 is 2.43 bits per heavy atom. The second-order valence-electron chi connectivity index (χ2n) is 6.68. The first-order chi connectivity index (χ1) is 9.84. The minimum Gasteiger partial charge on any atom is -0.309 e. The molecule has 1 atom stereocenters. The SMILES string of the molecule is CC[C@@H]1C(=O)N(c2ncn(C(C)(C)C)n2)C(=O)N1C1CC1. The molecular weight excluding hydrogens is 270 g/mol. The van der Waals surface area contributed by atoms with Gasteiger partial charge in [0.1, 0.15) is 12.4 Å². The van der Waals surface area contributed by atoms with E-state index >= 15 is 0 Å². The zero-order valence-electron chi connectivity index (χ0n) is 12.9. The molecule has 0 aromatic carbocycles. The number of urea groups is 1. The molecule has 0 bridgehead atoms. The summed E-state index contributed by atoms with van der Waals surface area (Å²) >= 11 is 0. The Hall–Kier alpha value is -1.92. The second-order valence-corrected chi connectivity index (χ2v) is 6.68. The van der Waals surface area contributed by atoms with Crippen LogP contribution in [-0.4, -0.2) is 43.7 Å². The number of nitrogens with zero attached hydrogens (tertiary/aromatic N) is 5. The van der Waals surface area contributed by atoms with Crippen molar-refractivity contribution in [1.29, 1.82) is 0 Å². The molecule has 1 aliphatic heterocycles. The summed E-state index contributed by atoms with van der Waals surface area (Å²) in [5.41, 5.74) is -0.239. The van der Waals surface area contributed by atoms with E-state index in [-0.39, 0.29) is 35.5 Å². The van der Waals surface area contributed by atoms with Gasteiger partial charge >= 0.3 is 6.03 Å². The highest BCUT2D eigenvalue weighted by atomic mass is 16.2. The third-order valence-corrected chi connectivity index (χ3v) is 3.95. The fourth-order valence-corrected chi connectivity index (χ4v) is 2.61. The molecule has 1 saturated heterocycles. The van der Waals surface area contributed by atoms with Crippen molar-refractivity contribution in [2.75, 3.05) is 4.90 Å². The van der Waals surface area contributed by atoms with E-state index in [0.717, 1.165) is 17.7 Å². The van der Waals surface area contributed by atoms with Gasteiger partial charge in [-0.1, -0.05) is 6.92 Å². The van der Waals surface area contributed by atoms with Gasteiger partial charge in [0.05, 0.1) is 5.54 Å². The third kappa shape index (κ3) is 2.20. The number of rotatable bonds is 3. The number of aromatic nitrogens is 3. The number of carbonyl (C=O) groups excluding carboxylic acids is 2. The van der Waals surface area contributed by atoms with Crippen molar-refractivity contribution in [2.24, 2.45) is 0 Å². The van der Waals surface area contributed by atoms with E-state index in [1.165, 1.54) is 0 Å². The maximum absolute atomic E-state index is 12.6. The van der Waals surface area contributed by atoms with Crippen molar-refractivity contribution < 1.29 is 9.59 Å². The van der Waals surface area contributed by atoms with Gasteiger partial charge in [-0.25, -0.2) is 9.48 Å². The fourth-order valence-electron chi connectivity index (χ4n) is 2.61. The Morgan fingerprint density at radius 2 is 1.95 bits per heavy atom. The van der Waals surface area contributed by atoms with Crippen molar-refractivity contribution in [3.8, 4) is 0 Å². The number of hydrogen-bond acceptors (Lipinski definition) is 4. The van der Waals surface area contributed by atoms with Gasteiger partial charge in [-0.3, -0.25) is 4.79 Å². The average Bonchev–Trinajstić information content (AvgIpc) is 3.04. The highest BCUT2D eigenvalue weighted by Gasteiger charge is 2.51. The van der Waals surface area contributed by atoms with E-state index in [4.69, 9.17) is 0 Å². The summed E-state index contributed by atoms with van der Waals surface area (Å²) < 4.78 is 1.67. The van der Waals surface area contributed by atoms with Gasteiger partial charge in [0.2, 0.25) is 0 Å². The van der Waals surface area contributed by atoms with Gasteiger partial charge in [0.15, 0.2) is 0 Å². The lowest BCUT2D eigenvalue weighted by molar-refractivity contribution is -0.119. The molecule has 2 fully saturated rings. The molecule has 0 N–H and O–H groups in total. The number of carbonyl (C=O) groups is 2. The number of amides is 3. The monoisotopic (exact) mass is 291 g/mol. The van der Waals surface area contributed by atoms with Gasteiger partial charge in [-0.05, 0) is 40.0 Å². The summed E-state index contributed by atoms with van der Waals surface area (Å²) in [4.78, 5) is 32.1. The van der Waals surface area contributed by atoms with Gasteiger partial charge in [-0.2, -0.15) is 9.88 Å². The van der Waals surface area contributed by atoms with E-state index < -0.39 is 0 Å². The first-order valence-corrected chi connectivity index (χ1v) is 7.43. The van der Waals surface area contributed by atoms with Crippen LogP contribution in [-0.2, 0) is 10.3 Å². The first-order valence-electron chi connectivity index (χ1n) is 7.43. The lowest BCUT2D eigenvalue weighted by Gasteiger charge is -2.19. The molecule has 1 aromatic rings. The number of imide groups is 1. The van der Waals surface area contributed by atoms with E-state index in [1.807, 2.05) is 27.7 Å². The van der Waals surface area contributed by atoms with Crippen molar-refractivity contribution in [3.05, 3.63) is 6.33 Å². The smallest absolute Gasteiger partial charge is 0.309 e. The standard InChI is InChI=1S/C14H21N5O2/c1-5-10-11(20)19(13(21)18(10)9-6-7-9)12-15-8-17(16-12)14(2,3)4/h8-10H,5-7H2,1-4H3/t10-/m1/s1. The molecular formula is C14H21N5O2. The molecule has 3 rings (SSSR count). The quantitative estimate of drug-likeness (QED) is 0.795. The Labute approximate surface area is 123 Å². The van der Waals surface area contributed by atoms with Crippen molar-refractivity contribution in [1.82, 2.24) is 19.7 Å². The van der Waals surface area contributed by atoms with E-state index in [2.05, 4.69) is 10.1 Å². The van der Waals surface area contributed by atoms with Crippen LogP contribution in [0.2, 0.25) is 0 Å². The lowest BCUT2D eigenvalue weighted by Crippen LogP contribution is -2.36. The summed E-state index contributed by atoms with van der Waals surface area (Å²) in [6.45, 7) is 7.90. The normalized spacial score (nSPS) is 23.3. The Balaban J connectivity index is 1.93. The molecule has 1 aromatic heterocycles. The maximum atomic E-state index is 12.6. The van der Waals surface area contributed by atoms with Crippen LogP contribution in [0.15, 0.2) is 6.33 Å². The summed E-state index contributed by atoms with van der Waals surface area (Å²) in [5.74, 6) is -0.0254. The Morgan fingerprint density at radius 1 is 1.29 bits per heavy atom. The molecule has 0 radical (unpaired) electrons. The summed E-state index contributed by atoms with van der Waals surface area (Å²) in [6, 6.07) is -0.436. The summed E-state index contributed by atoms with van der Waals surface area (Å²) in [7, 11) is 0. The van der Waals surface area contributed by atoms with Crippen LogP contribution in [0.25, 0.3) is 0 Å². The van der Waals surface area contributed by atoms with Crippen molar-refractivity contribution in [2.45, 2.75) is 64.6 Å². The molecule has 0 unspecified atom stereocenters. The number of anilines is 1. The van der Waals surface area contributed by atoms with E-state index in [1.54, 1.807) is 15.9 Å². The van der Waals surface area contributed by atoms with Gasteiger partial charge in [0.25, 0.3) is 11.9 Å². The van der Waals surface area contributed by atoms with Crippen molar-refractivity contribution >= 4 is 17.9 Å². The largest absolute Gasteiger partial charge is 0.334 e.